The van der Waals surface area contributed by atoms with Crippen molar-refractivity contribution in [2.45, 2.75) is 32.6 Å². The maximum Gasteiger partial charge on any atom is 0.225 e. The van der Waals surface area contributed by atoms with Gasteiger partial charge >= 0.3 is 0 Å². The quantitative estimate of drug-likeness (QED) is 0.164. The Morgan fingerprint density at radius 1 is 1.28 bits per heavy atom. The monoisotopic (exact) mass is 606 g/mol. The Hall–Kier alpha value is -3.73. The number of ether oxygens (including phenoxy) is 2. The Bertz CT molecular complexity index is 1410. The minimum atomic E-state index is 0.0833. The van der Waals surface area contributed by atoms with Crippen LogP contribution in [0.5, 0.6) is 5.75 Å². The van der Waals surface area contributed by atoms with Crippen LogP contribution in [0.25, 0.3) is 10.9 Å². The molecule has 1 fully saturated rings. The molecule has 0 spiro atoms. The maximum atomic E-state index is 7.76. The lowest BCUT2D eigenvalue weighted by molar-refractivity contribution is 0.122. The van der Waals surface area contributed by atoms with Gasteiger partial charge in [-0.1, -0.05) is 38.1 Å². The number of aromatic amines is 1. The number of aromatic nitrogens is 1. The molecule has 0 amide bonds. The fourth-order valence-corrected chi connectivity index (χ4v) is 5.39. The number of rotatable bonds is 7. The third kappa shape index (κ3) is 8.65. The number of aliphatic imine (C=N–C) groups is 2. The van der Waals surface area contributed by atoms with Gasteiger partial charge in [0.2, 0.25) is 5.96 Å². The minimum absolute atomic E-state index is 0.0833. The van der Waals surface area contributed by atoms with Crippen LogP contribution < -0.4 is 19.9 Å². The molecule has 2 aliphatic rings. The first-order valence-corrected chi connectivity index (χ1v) is 15.6. The number of para-hydroxylation sites is 1. The first-order chi connectivity index (χ1) is 21.0. The van der Waals surface area contributed by atoms with E-state index in [1.165, 1.54) is 11.5 Å². The lowest BCUT2D eigenvalue weighted by Crippen LogP contribution is -2.36. The maximum absolute atomic E-state index is 7.76. The summed E-state index contributed by atoms with van der Waals surface area (Å²) in [5, 5.41) is 14.7. The number of hydrogen-bond acceptors (Lipinski definition) is 7. The highest BCUT2D eigenvalue weighted by atomic mass is 32.2. The van der Waals surface area contributed by atoms with Crippen LogP contribution in [0, 0.1) is 0 Å². The molecule has 3 N–H and O–H groups in total. The zero-order chi connectivity index (χ0) is 31.2. The molecule has 9 nitrogen and oxygen atoms in total. The van der Waals surface area contributed by atoms with Crippen LogP contribution in [0.2, 0.25) is 0 Å². The second-order valence-electron chi connectivity index (χ2n) is 9.51. The van der Waals surface area contributed by atoms with E-state index in [0.29, 0.717) is 12.5 Å². The van der Waals surface area contributed by atoms with Crippen LogP contribution in [0.1, 0.15) is 26.3 Å². The number of nitrogens with one attached hydrogen (secondary N) is 2. The molecular weight excluding hydrogens is 560 g/mol. The molecule has 3 aromatic rings. The normalized spacial score (nSPS) is 17.2. The molecule has 0 bridgehead atoms. The van der Waals surface area contributed by atoms with Gasteiger partial charge in [-0.3, -0.25) is 0 Å². The van der Waals surface area contributed by atoms with Crippen LogP contribution in [0.4, 0.5) is 17.1 Å². The Morgan fingerprint density at radius 2 is 2.00 bits per heavy atom. The Balaban J connectivity index is 0.000000780. The molecule has 0 aliphatic carbocycles. The summed E-state index contributed by atoms with van der Waals surface area (Å²) >= 11 is 1.76. The average Bonchev–Trinajstić information content (AvgIpc) is 3.68. The molecule has 3 heterocycles. The van der Waals surface area contributed by atoms with Crippen LogP contribution in [0.15, 0.2) is 76.7 Å². The number of aliphatic hydroxyl groups excluding tert-OH is 1. The molecular formula is C33H46N6O3S. The SMILES string of the molecule is C=CCO.CC.CNc1cc(N(C)C(=NCc2c[nH]c3ccccc23)/N=C2/C=CSC2C)c(OC)cc1N1CCOCC1. The summed E-state index contributed by atoms with van der Waals surface area (Å²) in [5.74, 6) is 1.41. The van der Waals surface area contributed by atoms with Crippen molar-refractivity contribution in [3.8, 4) is 5.75 Å². The number of benzene rings is 2. The molecule has 2 aliphatic heterocycles. The lowest BCUT2D eigenvalue weighted by Gasteiger charge is -2.32. The van der Waals surface area contributed by atoms with Crippen molar-refractivity contribution in [1.82, 2.24) is 4.98 Å². The number of hydrogen-bond donors (Lipinski definition) is 3. The van der Waals surface area contributed by atoms with Crippen molar-refractivity contribution < 1.29 is 14.6 Å². The van der Waals surface area contributed by atoms with Gasteiger partial charge in [0.05, 0.1) is 56.2 Å². The van der Waals surface area contributed by atoms with E-state index < -0.39 is 0 Å². The van der Waals surface area contributed by atoms with Crippen LogP contribution in [-0.2, 0) is 11.3 Å². The molecule has 1 aromatic heterocycles. The second-order valence-corrected chi connectivity index (χ2v) is 10.8. The van der Waals surface area contributed by atoms with E-state index in [9.17, 15) is 0 Å². The zero-order valence-electron chi connectivity index (χ0n) is 26.3. The van der Waals surface area contributed by atoms with Gasteiger partial charge in [0.1, 0.15) is 5.75 Å². The number of anilines is 3. The summed E-state index contributed by atoms with van der Waals surface area (Å²) in [6.07, 6.45) is 5.53. The molecule has 0 saturated carbocycles. The van der Waals surface area contributed by atoms with Crippen LogP contribution in [-0.4, -0.2) is 81.1 Å². The predicted molar refractivity (Wildman–Crippen MR) is 186 cm³/mol. The van der Waals surface area contributed by atoms with E-state index in [4.69, 9.17) is 24.6 Å². The second kappa shape index (κ2) is 17.4. The highest BCUT2D eigenvalue weighted by Crippen LogP contribution is 2.39. The van der Waals surface area contributed by atoms with E-state index in [1.54, 1.807) is 18.9 Å². The van der Waals surface area contributed by atoms with Crippen molar-refractivity contribution in [3.05, 3.63) is 72.3 Å². The summed E-state index contributed by atoms with van der Waals surface area (Å²) in [4.78, 5) is 17.8. The summed E-state index contributed by atoms with van der Waals surface area (Å²) in [6, 6.07) is 12.5. The minimum Gasteiger partial charge on any atom is -0.494 e. The Kier molecular flexibility index (Phi) is 13.7. The summed E-state index contributed by atoms with van der Waals surface area (Å²) in [7, 11) is 5.66. The number of nitrogens with zero attached hydrogens (tertiary/aromatic N) is 4. The number of methoxy groups -OCH3 is 1. The van der Waals surface area contributed by atoms with Crippen LogP contribution >= 0.6 is 11.8 Å². The molecule has 1 saturated heterocycles. The highest BCUT2D eigenvalue weighted by Gasteiger charge is 2.22. The van der Waals surface area contributed by atoms with E-state index in [-0.39, 0.29) is 11.9 Å². The molecule has 1 unspecified atom stereocenters. The fraction of sp³-hybridized carbons (Fsp3) is 0.394. The van der Waals surface area contributed by atoms with Gasteiger partial charge in [0.15, 0.2) is 0 Å². The van der Waals surface area contributed by atoms with E-state index in [2.05, 4.69) is 70.5 Å². The number of allylic oxidation sites excluding steroid dienone is 1. The average molecular weight is 607 g/mol. The largest absolute Gasteiger partial charge is 0.494 e. The van der Waals surface area contributed by atoms with Gasteiger partial charge < -0.3 is 34.7 Å². The van der Waals surface area contributed by atoms with Gasteiger partial charge in [-0.05, 0) is 36.1 Å². The van der Waals surface area contributed by atoms with E-state index >= 15 is 0 Å². The first-order valence-electron chi connectivity index (χ1n) is 14.7. The Labute approximate surface area is 260 Å². The van der Waals surface area contributed by atoms with Gasteiger partial charge in [0, 0.05) is 55.6 Å². The number of thioether (sulfide) groups is 1. The summed E-state index contributed by atoms with van der Waals surface area (Å²) in [5.41, 5.74) is 6.28. The number of aliphatic hydroxyl groups is 1. The van der Waals surface area contributed by atoms with Crippen molar-refractivity contribution in [2.24, 2.45) is 9.98 Å². The van der Waals surface area contributed by atoms with Gasteiger partial charge in [-0.15, -0.1) is 18.3 Å². The van der Waals surface area contributed by atoms with Crippen molar-refractivity contribution >= 4 is 51.4 Å². The van der Waals surface area contributed by atoms with Crippen LogP contribution in [0.3, 0.4) is 0 Å². The molecule has 0 radical (unpaired) electrons. The summed E-state index contributed by atoms with van der Waals surface area (Å²) in [6.45, 7) is 13.1. The molecule has 10 heteroatoms. The van der Waals surface area contributed by atoms with E-state index in [0.717, 1.165) is 65.9 Å². The summed E-state index contributed by atoms with van der Waals surface area (Å²) < 4.78 is 11.5. The lowest BCUT2D eigenvalue weighted by atomic mass is 10.1. The topological polar surface area (TPSA) is 97.7 Å². The smallest absolute Gasteiger partial charge is 0.225 e. The van der Waals surface area contributed by atoms with Crippen molar-refractivity contribution in [3.63, 3.8) is 0 Å². The standard InChI is InChI=1S/C28H34N6O2S.C3H6O.C2H6/c1-19-22(9-14-37-19)32-28(31-18-20-17-30-23-8-6-5-7-21(20)23)33(3)26-15-24(29-2)25(16-27(26)35-4)34-10-12-36-13-11-34;1-2-3-4;1-2/h5-9,14-17,19,29-30H,10-13,18H2,1-4H3;2,4H,1,3H2;1-2H3/b31-28?,32-22-;;. The van der Waals surface area contributed by atoms with Gasteiger partial charge in [0.25, 0.3) is 0 Å². The predicted octanol–water partition coefficient (Wildman–Crippen LogP) is 6.33. The number of fused-ring (bicyclic) bond motifs is 1. The molecule has 2 aromatic carbocycles. The van der Waals surface area contributed by atoms with Crippen molar-refractivity contribution in [1.29, 1.82) is 0 Å². The molecule has 5 rings (SSSR count). The molecule has 1 atom stereocenters. The third-order valence-electron chi connectivity index (χ3n) is 6.94. The highest BCUT2D eigenvalue weighted by molar-refractivity contribution is 8.03. The molecule has 232 valence electrons. The number of guanidine groups is 1. The van der Waals surface area contributed by atoms with E-state index in [1.807, 2.05) is 45.1 Å². The Morgan fingerprint density at radius 3 is 2.63 bits per heavy atom. The number of morpholine rings is 1. The number of H-pyrrole nitrogens is 1. The van der Waals surface area contributed by atoms with Gasteiger partial charge in [-0.2, -0.15) is 0 Å². The van der Waals surface area contributed by atoms with Gasteiger partial charge in [-0.25, -0.2) is 9.98 Å². The zero-order valence-corrected chi connectivity index (χ0v) is 27.1. The fourth-order valence-electron chi connectivity index (χ4n) is 4.67. The third-order valence-corrected chi connectivity index (χ3v) is 7.88. The first kappa shape index (κ1) is 33.8. The van der Waals surface area contributed by atoms with Crippen molar-refractivity contribution in [2.75, 3.05) is 69.2 Å². The molecule has 43 heavy (non-hydrogen) atoms.